The summed E-state index contributed by atoms with van der Waals surface area (Å²) in [6, 6.07) is 4.85. The number of aromatic nitrogens is 3. The number of pyridine rings is 1. The van der Waals surface area contributed by atoms with Gasteiger partial charge in [0.1, 0.15) is 17.1 Å². The summed E-state index contributed by atoms with van der Waals surface area (Å²) in [7, 11) is 0. The zero-order chi connectivity index (χ0) is 22.8. The number of nitrogens with one attached hydrogen (secondary N) is 1. The Morgan fingerprint density at radius 3 is 2.69 bits per heavy atom. The van der Waals surface area contributed by atoms with Gasteiger partial charge in [0.05, 0.1) is 10.9 Å². The number of piperazine rings is 1. The van der Waals surface area contributed by atoms with E-state index in [1.165, 1.54) is 6.08 Å². The molecule has 0 atom stereocenters. The van der Waals surface area contributed by atoms with E-state index in [0.717, 1.165) is 11.8 Å². The number of carbonyl (C=O) groups is 1. The molecule has 1 saturated heterocycles. The molecule has 2 aromatic heterocycles. The summed E-state index contributed by atoms with van der Waals surface area (Å²) < 4.78 is 6.06. The predicted molar refractivity (Wildman–Crippen MR) is 122 cm³/mol. The van der Waals surface area contributed by atoms with Crippen molar-refractivity contribution in [2.45, 2.75) is 6.92 Å². The number of aromatic hydroxyl groups is 1. The Hall–Kier alpha value is -4.21. The van der Waals surface area contributed by atoms with Crippen LogP contribution >= 0.6 is 0 Å². The Kier molecular flexibility index (Phi) is 5.59. The standard InChI is InChI=1S/C22H23N7O3/c1-3-17(30)28-8-10-29(11-9-28)20-14-6-7-25-21(18(14)26-22(31)27-20)32-19-13(2)4-5-16(24)15(19)12-23/h3-7,12,23H,1,8-11,24H2,2H3,(H,26,27,31). The van der Waals surface area contributed by atoms with Crippen LogP contribution in [0.2, 0.25) is 0 Å². The molecule has 1 aliphatic rings. The molecule has 0 saturated carbocycles. The quantitative estimate of drug-likeness (QED) is 0.316. The number of nitrogens with two attached hydrogens (primary N) is 1. The first-order chi connectivity index (χ1) is 15.4. The molecule has 10 nitrogen and oxygen atoms in total. The molecule has 32 heavy (non-hydrogen) atoms. The van der Waals surface area contributed by atoms with E-state index < -0.39 is 6.01 Å². The topological polar surface area (TPSA) is 142 Å². The van der Waals surface area contributed by atoms with Crippen molar-refractivity contribution in [2.24, 2.45) is 0 Å². The van der Waals surface area contributed by atoms with Gasteiger partial charge in [0.25, 0.3) is 0 Å². The van der Waals surface area contributed by atoms with Crippen LogP contribution in [0.25, 0.3) is 10.9 Å². The molecule has 0 spiro atoms. The number of ether oxygens (including phenoxy) is 1. The maximum Gasteiger partial charge on any atom is 0.316 e. The van der Waals surface area contributed by atoms with Crippen LogP contribution in [0, 0.1) is 12.3 Å². The molecule has 4 rings (SSSR count). The van der Waals surface area contributed by atoms with Crippen LogP contribution in [-0.2, 0) is 4.79 Å². The van der Waals surface area contributed by atoms with E-state index in [1.54, 1.807) is 29.3 Å². The first-order valence-electron chi connectivity index (χ1n) is 10.0. The Balaban J connectivity index is 1.74. The fourth-order valence-electron chi connectivity index (χ4n) is 3.69. The molecule has 0 aliphatic carbocycles. The first-order valence-corrected chi connectivity index (χ1v) is 10.0. The molecule has 164 valence electrons. The normalized spacial score (nSPS) is 13.8. The van der Waals surface area contributed by atoms with Gasteiger partial charge >= 0.3 is 6.01 Å². The van der Waals surface area contributed by atoms with Gasteiger partial charge in [0.15, 0.2) is 0 Å². The summed E-state index contributed by atoms with van der Waals surface area (Å²) in [6.07, 6.45) is 4.01. The van der Waals surface area contributed by atoms with Crippen LogP contribution < -0.4 is 15.4 Å². The molecule has 1 aromatic carbocycles. The van der Waals surface area contributed by atoms with Crippen LogP contribution in [0.4, 0.5) is 11.5 Å². The van der Waals surface area contributed by atoms with Gasteiger partial charge in [0, 0.05) is 44.3 Å². The number of anilines is 2. The molecular weight excluding hydrogens is 410 g/mol. The van der Waals surface area contributed by atoms with Crippen molar-refractivity contribution < 1.29 is 14.6 Å². The molecule has 0 bridgehead atoms. The molecular formula is C22H23N7O3. The van der Waals surface area contributed by atoms with E-state index in [9.17, 15) is 9.90 Å². The largest absolute Gasteiger partial charge is 0.479 e. The molecule has 0 radical (unpaired) electrons. The molecule has 1 fully saturated rings. The lowest BCUT2D eigenvalue weighted by atomic mass is 10.1. The van der Waals surface area contributed by atoms with Gasteiger partial charge in [-0.05, 0) is 30.7 Å². The number of hydrogen-bond acceptors (Lipinski definition) is 9. The van der Waals surface area contributed by atoms with E-state index in [4.69, 9.17) is 15.9 Å². The van der Waals surface area contributed by atoms with Crippen molar-refractivity contribution in [3.63, 3.8) is 0 Å². The number of aryl methyl sites for hydroxylation is 1. The summed E-state index contributed by atoms with van der Waals surface area (Å²) in [5.41, 5.74) is 7.95. The molecule has 1 amide bonds. The Morgan fingerprint density at radius 2 is 2.00 bits per heavy atom. The van der Waals surface area contributed by atoms with Crippen LogP contribution in [0.15, 0.2) is 37.1 Å². The SMILES string of the molecule is C=CC(=O)N1CCN(c2nc(O)nc3c(Oc4c(C)ccc(N)c4C=N)nccc23)CC1. The van der Waals surface area contributed by atoms with Gasteiger partial charge in [-0.2, -0.15) is 9.97 Å². The summed E-state index contributed by atoms with van der Waals surface area (Å²) in [5, 5.41) is 18.6. The summed E-state index contributed by atoms with van der Waals surface area (Å²) in [6.45, 7) is 7.47. The fourth-order valence-corrected chi connectivity index (χ4v) is 3.69. The van der Waals surface area contributed by atoms with E-state index >= 15 is 0 Å². The highest BCUT2D eigenvalue weighted by molar-refractivity contribution is 5.94. The lowest BCUT2D eigenvalue weighted by Crippen LogP contribution is -2.48. The van der Waals surface area contributed by atoms with Gasteiger partial charge in [-0.1, -0.05) is 12.6 Å². The number of nitrogens with zero attached hydrogens (tertiary/aromatic N) is 5. The van der Waals surface area contributed by atoms with Gasteiger partial charge in [-0.3, -0.25) is 4.79 Å². The molecule has 4 N–H and O–H groups in total. The lowest BCUT2D eigenvalue weighted by Gasteiger charge is -2.35. The van der Waals surface area contributed by atoms with Gasteiger partial charge < -0.3 is 30.8 Å². The Morgan fingerprint density at radius 1 is 1.25 bits per heavy atom. The average molecular weight is 433 g/mol. The van der Waals surface area contributed by atoms with Gasteiger partial charge in [0.2, 0.25) is 11.8 Å². The highest BCUT2D eigenvalue weighted by Crippen LogP contribution is 2.36. The van der Waals surface area contributed by atoms with Crippen molar-refractivity contribution >= 4 is 34.5 Å². The lowest BCUT2D eigenvalue weighted by molar-refractivity contribution is -0.126. The van der Waals surface area contributed by atoms with E-state index in [2.05, 4.69) is 21.5 Å². The summed E-state index contributed by atoms with van der Waals surface area (Å²) >= 11 is 0. The van der Waals surface area contributed by atoms with Gasteiger partial charge in [-0.25, -0.2) is 4.98 Å². The van der Waals surface area contributed by atoms with E-state index in [0.29, 0.717) is 59.9 Å². The minimum atomic E-state index is -0.411. The minimum absolute atomic E-state index is 0.112. The summed E-state index contributed by atoms with van der Waals surface area (Å²) in [5.74, 6) is 0.983. The fraction of sp³-hybridized carbons (Fsp3) is 0.227. The van der Waals surface area contributed by atoms with E-state index in [1.807, 2.05) is 11.8 Å². The zero-order valence-corrected chi connectivity index (χ0v) is 17.6. The Labute approximate surface area is 184 Å². The number of hydrogen-bond donors (Lipinski definition) is 3. The highest BCUT2D eigenvalue weighted by Gasteiger charge is 2.24. The van der Waals surface area contributed by atoms with Crippen molar-refractivity contribution in [3.05, 3.63) is 48.2 Å². The molecule has 10 heteroatoms. The number of nitrogen functional groups attached to an aromatic ring is 1. The smallest absolute Gasteiger partial charge is 0.316 e. The zero-order valence-electron chi connectivity index (χ0n) is 17.6. The maximum atomic E-state index is 11.9. The third-order valence-corrected chi connectivity index (χ3v) is 5.38. The predicted octanol–water partition coefficient (Wildman–Crippen LogP) is 2.25. The van der Waals surface area contributed by atoms with Crippen molar-refractivity contribution in [1.29, 1.82) is 5.41 Å². The molecule has 1 aliphatic heterocycles. The van der Waals surface area contributed by atoms with Crippen molar-refractivity contribution in [1.82, 2.24) is 19.9 Å². The third-order valence-electron chi connectivity index (χ3n) is 5.38. The number of rotatable bonds is 5. The van der Waals surface area contributed by atoms with Crippen LogP contribution in [0.3, 0.4) is 0 Å². The molecule has 3 aromatic rings. The second kappa shape index (κ2) is 8.50. The van der Waals surface area contributed by atoms with Gasteiger partial charge in [-0.15, -0.1) is 0 Å². The monoisotopic (exact) mass is 433 g/mol. The third kappa shape index (κ3) is 3.78. The van der Waals surface area contributed by atoms with E-state index in [-0.39, 0.29) is 11.8 Å². The number of carbonyl (C=O) groups excluding carboxylic acids is 1. The average Bonchev–Trinajstić information content (AvgIpc) is 2.81. The van der Waals surface area contributed by atoms with Crippen molar-refractivity contribution in [3.8, 4) is 17.6 Å². The highest BCUT2D eigenvalue weighted by atomic mass is 16.5. The summed E-state index contributed by atoms with van der Waals surface area (Å²) in [4.78, 5) is 28.3. The number of benzene rings is 1. The molecule has 3 heterocycles. The van der Waals surface area contributed by atoms with Crippen LogP contribution in [0.1, 0.15) is 11.1 Å². The van der Waals surface area contributed by atoms with Crippen molar-refractivity contribution in [2.75, 3.05) is 36.8 Å². The van der Waals surface area contributed by atoms with Crippen LogP contribution in [-0.4, -0.2) is 63.3 Å². The second-order valence-corrected chi connectivity index (χ2v) is 7.34. The maximum absolute atomic E-state index is 11.9. The second-order valence-electron chi connectivity index (χ2n) is 7.34. The first kappa shape index (κ1) is 21.0. The van der Waals surface area contributed by atoms with Crippen LogP contribution in [0.5, 0.6) is 17.6 Å². The number of amides is 1. The number of fused-ring (bicyclic) bond motifs is 1. The molecule has 0 unspecified atom stereocenters. The minimum Gasteiger partial charge on any atom is -0.479 e. The Bertz CT molecular complexity index is 1220.